The molecule has 0 aromatic carbocycles. The Labute approximate surface area is 295 Å². The maximum atomic E-state index is 6.07. The molecule has 0 rings (SSSR count). The fraction of sp³-hybridized carbons (Fsp3) is 1.00. The van der Waals surface area contributed by atoms with E-state index in [1.807, 2.05) is 0 Å². The van der Waals surface area contributed by atoms with Crippen molar-refractivity contribution in [3.05, 3.63) is 0 Å². The minimum Gasteiger partial charge on any atom is -1.00 e. The van der Waals surface area contributed by atoms with Crippen LogP contribution in [0.25, 0.3) is 0 Å². The van der Waals surface area contributed by atoms with Gasteiger partial charge >= 0.3 is 0 Å². The molecule has 0 radical (unpaired) electrons. The van der Waals surface area contributed by atoms with Gasteiger partial charge in [-0.05, 0) is 19.4 Å². The fourth-order valence-corrected chi connectivity index (χ4v) is 6.38. The molecule has 0 aliphatic carbocycles. The second kappa shape index (κ2) is 40.5. The van der Waals surface area contributed by atoms with Gasteiger partial charge in [-0.25, -0.2) is 0 Å². The number of rotatable bonds is 39. The highest BCUT2D eigenvalue weighted by Crippen LogP contribution is 2.14. The van der Waals surface area contributed by atoms with Crippen molar-refractivity contribution < 1.29 is 30.9 Å². The molecule has 2 N–H and O–H groups in total. The number of hydrogen-bond acceptors (Lipinski definition) is 3. The molecule has 0 aromatic rings. The highest BCUT2D eigenvalue weighted by molar-refractivity contribution is 4.51. The number of halogens is 1. The minimum absolute atomic E-state index is 0. The Morgan fingerprint density at radius 2 is 0.622 bits per heavy atom. The third-order valence-corrected chi connectivity index (χ3v) is 9.74. The molecule has 45 heavy (non-hydrogen) atoms. The first kappa shape index (κ1) is 47.4. The SMILES string of the molecule is CCCCCCCCCCCCCCCCOCC[N+](C)(CCCN)CCOCCCCCCCCCCCCCCCC.[Br-]. The molecular formula is C40H85BrN2O2. The van der Waals surface area contributed by atoms with E-state index < -0.39 is 0 Å². The van der Waals surface area contributed by atoms with Gasteiger partial charge in [0.05, 0.1) is 26.8 Å². The van der Waals surface area contributed by atoms with Crippen LogP contribution < -0.4 is 22.7 Å². The topological polar surface area (TPSA) is 44.5 Å². The van der Waals surface area contributed by atoms with Crippen LogP contribution in [0.5, 0.6) is 0 Å². The molecule has 0 amide bonds. The molecule has 0 unspecified atom stereocenters. The van der Waals surface area contributed by atoms with Crippen molar-refractivity contribution in [1.29, 1.82) is 0 Å². The summed E-state index contributed by atoms with van der Waals surface area (Å²) in [7, 11) is 2.36. The second-order valence-corrected chi connectivity index (χ2v) is 14.3. The monoisotopic (exact) mass is 705 g/mol. The molecule has 274 valence electrons. The lowest BCUT2D eigenvalue weighted by Gasteiger charge is -2.34. The molecule has 0 aromatic heterocycles. The van der Waals surface area contributed by atoms with Gasteiger partial charge in [0.15, 0.2) is 0 Å². The number of hydrogen-bond donors (Lipinski definition) is 1. The van der Waals surface area contributed by atoms with Crippen LogP contribution in [0.1, 0.15) is 200 Å². The van der Waals surface area contributed by atoms with E-state index in [1.54, 1.807) is 0 Å². The minimum atomic E-state index is 0. The summed E-state index contributed by atoms with van der Waals surface area (Å²) in [5, 5.41) is 0. The molecule has 0 heterocycles. The lowest BCUT2D eigenvalue weighted by atomic mass is 10.0. The van der Waals surface area contributed by atoms with Crippen molar-refractivity contribution >= 4 is 0 Å². The summed E-state index contributed by atoms with van der Waals surface area (Å²) in [5.74, 6) is 0. The molecule has 4 nitrogen and oxygen atoms in total. The average molecular weight is 706 g/mol. The number of ether oxygens (including phenoxy) is 2. The van der Waals surface area contributed by atoms with E-state index >= 15 is 0 Å². The molecule has 0 saturated heterocycles. The van der Waals surface area contributed by atoms with Gasteiger partial charge in [-0.1, -0.05) is 181 Å². The van der Waals surface area contributed by atoms with Crippen molar-refractivity contribution in [1.82, 2.24) is 0 Å². The van der Waals surface area contributed by atoms with Crippen LogP contribution in [-0.2, 0) is 9.47 Å². The Morgan fingerprint density at radius 3 is 0.889 bits per heavy atom. The van der Waals surface area contributed by atoms with E-state index in [4.69, 9.17) is 15.2 Å². The Bertz CT molecular complexity index is 485. The normalized spacial score (nSPS) is 11.7. The molecule has 5 heteroatoms. The molecular weight excluding hydrogens is 620 g/mol. The van der Waals surface area contributed by atoms with Crippen LogP contribution in [0, 0.1) is 0 Å². The number of likely N-dealkylation sites (N-methyl/N-ethyl adjacent to an activating group) is 1. The first-order valence-corrected chi connectivity index (χ1v) is 20.4. The summed E-state index contributed by atoms with van der Waals surface area (Å²) in [5.41, 5.74) is 5.85. The van der Waals surface area contributed by atoms with Gasteiger partial charge in [-0.2, -0.15) is 0 Å². The number of nitrogens with zero attached hydrogens (tertiary/aromatic N) is 1. The van der Waals surface area contributed by atoms with Gasteiger partial charge in [0, 0.05) is 19.6 Å². The first-order chi connectivity index (χ1) is 21.7. The largest absolute Gasteiger partial charge is 1.00 e. The smallest absolute Gasteiger partial charge is 0.102 e. The van der Waals surface area contributed by atoms with Gasteiger partial charge in [-0.15, -0.1) is 0 Å². The van der Waals surface area contributed by atoms with E-state index in [-0.39, 0.29) is 17.0 Å². The maximum absolute atomic E-state index is 6.07. The average Bonchev–Trinajstić information content (AvgIpc) is 3.03. The van der Waals surface area contributed by atoms with Crippen LogP contribution in [0.4, 0.5) is 0 Å². The van der Waals surface area contributed by atoms with E-state index in [1.165, 1.54) is 180 Å². The van der Waals surface area contributed by atoms with Gasteiger partial charge < -0.3 is 36.7 Å². The molecule has 0 aliphatic rings. The van der Waals surface area contributed by atoms with E-state index in [0.29, 0.717) is 0 Å². The van der Waals surface area contributed by atoms with Crippen molar-refractivity contribution in [2.24, 2.45) is 5.73 Å². The highest BCUT2D eigenvalue weighted by atomic mass is 79.9. The third-order valence-electron chi connectivity index (χ3n) is 9.74. The summed E-state index contributed by atoms with van der Waals surface area (Å²) in [6.07, 6.45) is 40.4. The Balaban J connectivity index is 0. The van der Waals surface area contributed by atoms with Gasteiger partial charge in [0.1, 0.15) is 13.1 Å². The van der Waals surface area contributed by atoms with Crippen LogP contribution in [-0.4, -0.2) is 64.1 Å². The summed E-state index contributed by atoms with van der Waals surface area (Å²) in [6, 6.07) is 0. The van der Waals surface area contributed by atoms with E-state index in [0.717, 1.165) is 63.5 Å². The summed E-state index contributed by atoms with van der Waals surface area (Å²) in [4.78, 5) is 0. The van der Waals surface area contributed by atoms with Crippen LogP contribution in [0.15, 0.2) is 0 Å². The van der Waals surface area contributed by atoms with Crippen LogP contribution >= 0.6 is 0 Å². The van der Waals surface area contributed by atoms with Gasteiger partial charge in [0.2, 0.25) is 0 Å². The maximum Gasteiger partial charge on any atom is 0.102 e. The van der Waals surface area contributed by atoms with E-state index in [9.17, 15) is 0 Å². The summed E-state index contributed by atoms with van der Waals surface area (Å²) >= 11 is 0. The van der Waals surface area contributed by atoms with Crippen molar-refractivity contribution in [2.45, 2.75) is 200 Å². The fourth-order valence-electron chi connectivity index (χ4n) is 6.38. The molecule has 0 fully saturated rings. The molecule has 0 atom stereocenters. The zero-order valence-corrected chi connectivity index (χ0v) is 33.0. The first-order valence-electron chi connectivity index (χ1n) is 20.4. The Morgan fingerprint density at radius 1 is 0.356 bits per heavy atom. The van der Waals surface area contributed by atoms with E-state index in [2.05, 4.69) is 20.9 Å². The number of nitrogens with two attached hydrogens (primary N) is 1. The molecule has 0 bridgehead atoms. The number of quaternary nitrogens is 1. The molecule has 0 saturated carbocycles. The van der Waals surface area contributed by atoms with Crippen LogP contribution in [0.3, 0.4) is 0 Å². The van der Waals surface area contributed by atoms with Crippen molar-refractivity contribution in [3.8, 4) is 0 Å². The summed E-state index contributed by atoms with van der Waals surface area (Å²) in [6.45, 7) is 12.2. The molecule has 0 spiro atoms. The standard InChI is InChI=1S/C40H85N2O2.BrH/c1-4-6-8-10-12-14-16-18-20-22-24-26-28-30-37-43-39-35-42(3,34-32-33-41)36-40-44-38-31-29-27-25-23-21-19-17-15-13-11-9-7-5-2;/h4-41H2,1-3H3;1H/q+1;/p-1. The zero-order chi connectivity index (χ0) is 32.1. The highest BCUT2D eigenvalue weighted by Gasteiger charge is 2.20. The predicted octanol–water partition coefficient (Wildman–Crippen LogP) is 8.78. The lowest BCUT2D eigenvalue weighted by Crippen LogP contribution is -3.00. The Kier molecular flexibility index (Phi) is 42.7. The molecule has 0 aliphatic heterocycles. The van der Waals surface area contributed by atoms with Gasteiger partial charge in [0.25, 0.3) is 0 Å². The Hall–Kier alpha value is 0.320. The van der Waals surface area contributed by atoms with Crippen molar-refractivity contribution in [3.63, 3.8) is 0 Å². The number of unbranched alkanes of at least 4 members (excludes halogenated alkanes) is 26. The summed E-state index contributed by atoms with van der Waals surface area (Å²) < 4.78 is 13.2. The van der Waals surface area contributed by atoms with Crippen LogP contribution in [0.2, 0.25) is 0 Å². The zero-order valence-electron chi connectivity index (χ0n) is 31.4. The van der Waals surface area contributed by atoms with Crippen molar-refractivity contribution in [2.75, 3.05) is 59.7 Å². The third kappa shape index (κ3) is 38.6. The quantitative estimate of drug-likeness (QED) is 0.0514. The predicted molar refractivity (Wildman–Crippen MR) is 197 cm³/mol. The lowest BCUT2D eigenvalue weighted by molar-refractivity contribution is -0.910. The van der Waals surface area contributed by atoms with Gasteiger partial charge in [-0.3, -0.25) is 0 Å². The second-order valence-electron chi connectivity index (χ2n) is 14.3.